The highest BCUT2D eigenvalue weighted by Crippen LogP contribution is 2.29. The number of anilines is 1. The van der Waals surface area contributed by atoms with Crippen molar-refractivity contribution >= 4 is 41.1 Å². The zero-order valence-corrected chi connectivity index (χ0v) is 17.9. The second-order valence-corrected chi connectivity index (χ2v) is 7.09. The number of amides is 1. The van der Waals surface area contributed by atoms with Crippen molar-refractivity contribution in [3.8, 4) is 22.8 Å². The highest BCUT2D eigenvalue weighted by Gasteiger charge is 2.25. The predicted molar refractivity (Wildman–Crippen MR) is 117 cm³/mol. The summed E-state index contributed by atoms with van der Waals surface area (Å²) in [6, 6.07) is 11.9. The molecule has 0 bridgehead atoms. The van der Waals surface area contributed by atoms with Crippen LogP contribution in [0.15, 0.2) is 52.2 Å². The maximum Gasteiger partial charge on any atom is 0.294 e. The van der Waals surface area contributed by atoms with E-state index < -0.39 is 5.91 Å². The number of benzene rings is 2. The van der Waals surface area contributed by atoms with Crippen LogP contribution in [-0.2, 0) is 0 Å². The van der Waals surface area contributed by atoms with E-state index in [9.17, 15) is 4.79 Å². The van der Waals surface area contributed by atoms with Crippen molar-refractivity contribution in [2.45, 2.75) is 0 Å². The summed E-state index contributed by atoms with van der Waals surface area (Å²) in [7, 11) is 1.53. The number of carbonyl (C=O) groups is 1. The Hall–Kier alpha value is -3.96. The van der Waals surface area contributed by atoms with Crippen molar-refractivity contribution in [1.29, 1.82) is 0 Å². The van der Waals surface area contributed by atoms with Gasteiger partial charge in [0.1, 0.15) is 11.4 Å². The molecule has 0 fully saturated rings. The van der Waals surface area contributed by atoms with Crippen LogP contribution in [0.4, 0.5) is 5.82 Å². The first-order valence-electron chi connectivity index (χ1n) is 8.95. The van der Waals surface area contributed by atoms with Gasteiger partial charge in [-0.2, -0.15) is 9.78 Å². The van der Waals surface area contributed by atoms with Gasteiger partial charge in [0.2, 0.25) is 11.6 Å². The smallest absolute Gasteiger partial charge is 0.294 e. The van der Waals surface area contributed by atoms with Crippen LogP contribution >= 0.6 is 23.2 Å². The summed E-state index contributed by atoms with van der Waals surface area (Å²) in [5.41, 5.74) is 9.67. The summed E-state index contributed by atoms with van der Waals surface area (Å²) >= 11 is 11.9. The molecule has 0 aliphatic carbocycles. The average molecular weight is 473 g/mol. The summed E-state index contributed by atoms with van der Waals surface area (Å²) in [6.45, 7) is 0. The topological polar surface area (TPSA) is 146 Å². The van der Waals surface area contributed by atoms with E-state index >= 15 is 0 Å². The number of aromatic nitrogens is 5. The quantitative estimate of drug-likeness (QED) is 0.321. The largest absolute Gasteiger partial charge is 0.497 e. The van der Waals surface area contributed by atoms with Gasteiger partial charge in [-0.25, -0.2) is 10.1 Å². The second kappa shape index (κ2) is 9.04. The molecule has 11 nitrogen and oxygen atoms in total. The number of carbonyl (C=O) groups excluding carboxylic acids is 1. The molecule has 3 N–H and O–H groups in total. The Balaban J connectivity index is 1.69. The Morgan fingerprint density at radius 1 is 1.22 bits per heavy atom. The minimum absolute atomic E-state index is 0.0244. The van der Waals surface area contributed by atoms with E-state index in [0.29, 0.717) is 26.9 Å². The highest BCUT2D eigenvalue weighted by molar-refractivity contribution is 6.42. The fourth-order valence-corrected chi connectivity index (χ4v) is 3.07. The van der Waals surface area contributed by atoms with E-state index in [1.54, 1.807) is 42.5 Å². The monoisotopic (exact) mass is 472 g/mol. The average Bonchev–Trinajstić information content (AvgIpc) is 3.42. The lowest BCUT2D eigenvalue weighted by atomic mass is 10.1. The minimum atomic E-state index is -0.625. The summed E-state index contributed by atoms with van der Waals surface area (Å²) in [5, 5.41) is 20.0. The van der Waals surface area contributed by atoms with Crippen LogP contribution < -0.4 is 15.9 Å². The molecule has 0 saturated carbocycles. The SMILES string of the molecule is COc1cccc(-c2c(C(=O)NN=Cc3ccc(Cl)c(Cl)c3)nnn2-c2nonc2N)c1. The van der Waals surface area contributed by atoms with Gasteiger partial charge in [-0.05, 0) is 40.1 Å². The summed E-state index contributed by atoms with van der Waals surface area (Å²) in [6.07, 6.45) is 1.41. The van der Waals surface area contributed by atoms with Gasteiger partial charge in [0.05, 0.1) is 23.4 Å². The van der Waals surface area contributed by atoms with E-state index in [1.807, 2.05) is 0 Å². The molecule has 0 spiro atoms. The third-order valence-corrected chi connectivity index (χ3v) is 4.99. The Morgan fingerprint density at radius 2 is 2.06 bits per heavy atom. The normalized spacial score (nSPS) is 11.1. The number of halogens is 2. The van der Waals surface area contributed by atoms with E-state index in [1.165, 1.54) is 18.0 Å². The van der Waals surface area contributed by atoms with E-state index in [-0.39, 0.29) is 23.0 Å². The Kier molecular flexibility index (Phi) is 6.01. The first kappa shape index (κ1) is 21.3. The number of hydrogen-bond donors (Lipinski definition) is 2. The zero-order valence-electron chi connectivity index (χ0n) is 16.4. The molecule has 4 rings (SSSR count). The molecule has 0 radical (unpaired) electrons. The molecule has 0 atom stereocenters. The second-order valence-electron chi connectivity index (χ2n) is 6.28. The molecular weight excluding hydrogens is 459 g/mol. The van der Waals surface area contributed by atoms with Crippen LogP contribution in [0.25, 0.3) is 17.1 Å². The Labute approximate surface area is 190 Å². The number of hydrogen-bond acceptors (Lipinski definition) is 9. The first-order valence-corrected chi connectivity index (χ1v) is 9.70. The third kappa shape index (κ3) is 4.24. The number of nitrogens with one attached hydrogen (secondary N) is 1. The molecule has 0 aliphatic heterocycles. The fourth-order valence-electron chi connectivity index (χ4n) is 2.76. The number of rotatable bonds is 6. The van der Waals surface area contributed by atoms with Gasteiger partial charge in [0.25, 0.3) is 5.91 Å². The zero-order chi connectivity index (χ0) is 22.7. The van der Waals surface area contributed by atoms with Gasteiger partial charge >= 0.3 is 0 Å². The van der Waals surface area contributed by atoms with E-state index in [0.717, 1.165) is 0 Å². The van der Waals surface area contributed by atoms with Crippen LogP contribution in [0.5, 0.6) is 5.75 Å². The van der Waals surface area contributed by atoms with Crippen molar-refractivity contribution in [1.82, 2.24) is 30.7 Å². The Bertz CT molecular complexity index is 1320. The number of ether oxygens (including phenoxy) is 1. The molecule has 0 unspecified atom stereocenters. The maximum absolute atomic E-state index is 12.9. The first-order chi connectivity index (χ1) is 15.5. The number of nitrogen functional groups attached to an aromatic ring is 1. The van der Waals surface area contributed by atoms with Crippen molar-refractivity contribution in [3.05, 3.63) is 63.8 Å². The van der Waals surface area contributed by atoms with E-state index in [4.69, 9.17) is 33.7 Å². The van der Waals surface area contributed by atoms with Gasteiger partial charge in [0.15, 0.2) is 5.69 Å². The fraction of sp³-hybridized carbons (Fsp3) is 0.0526. The standard InChI is InChI=1S/C19H14Cl2N8O3/c1-31-12-4-2-3-11(8-12)16-15(24-28-29(16)18-17(22)26-32-27-18)19(30)25-23-9-10-5-6-13(20)14(21)7-10/h2-9H,1H3,(H2,22,26)(H,25,30). The lowest BCUT2D eigenvalue weighted by molar-refractivity contribution is 0.0950. The van der Waals surface area contributed by atoms with Gasteiger partial charge in [-0.3, -0.25) is 4.79 Å². The van der Waals surface area contributed by atoms with Gasteiger partial charge < -0.3 is 10.5 Å². The molecular formula is C19H14Cl2N8O3. The van der Waals surface area contributed by atoms with Crippen molar-refractivity contribution in [3.63, 3.8) is 0 Å². The van der Waals surface area contributed by atoms with Crippen LogP contribution in [0.2, 0.25) is 10.0 Å². The number of nitrogens with zero attached hydrogens (tertiary/aromatic N) is 6. The molecule has 13 heteroatoms. The molecule has 4 aromatic rings. The molecule has 0 aliphatic rings. The van der Waals surface area contributed by atoms with Crippen LogP contribution in [0.1, 0.15) is 16.1 Å². The van der Waals surface area contributed by atoms with Gasteiger partial charge in [0, 0.05) is 5.56 Å². The number of hydrazone groups is 1. The molecule has 1 amide bonds. The maximum atomic E-state index is 12.9. The van der Waals surface area contributed by atoms with E-state index in [2.05, 4.69) is 35.8 Å². The van der Waals surface area contributed by atoms with Gasteiger partial charge in [-0.15, -0.1) is 5.10 Å². The molecule has 2 heterocycles. The van der Waals surface area contributed by atoms with Gasteiger partial charge in [-0.1, -0.05) is 46.6 Å². The summed E-state index contributed by atoms with van der Waals surface area (Å²) < 4.78 is 11.2. The van der Waals surface area contributed by atoms with Crippen molar-refractivity contribution in [2.24, 2.45) is 5.10 Å². The molecule has 32 heavy (non-hydrogen) atoms. The molecule has 2 aromatic heterocycles. The lowest BCUT2D eigenvalue weighted by Gasteiger charge is -2.07. The summed E-state index contributed by atoms with van der Waals surface area (Å²) in [5.74, 6) is -0.0109. The predicted octanol–water partition coefficient (Wildman–Crippen LogP) is 2.98. The van der Waals surface area contributed by atoms with Crippen LogP contribution in [-0.4, -0.2) is 44.5 Å². The lowest BCUT2D eigenvalue weighted by Crippen LogP contribution is -2.19. The van der Waals surface area contributed by atoms with Crippen molar-refractivity contribution < 1.29 is 14.2 Å². The number of methoxy groups -OCH3 is 1. The van der Waals surface area contributed by atoms with Crippen LogP contribution in [0, 0.1) is 0 Å². The molecule has 0 saturated heterocycles. The van der Waals surface area contributed by atoms with Crippen molar-refractivity contribution in [2.75, 3.05) is 12.8 Å². The highest BCUT2D eigenvalue weighted by atomic mass is 35.5. The third-order valence-electron chi connectivity index (χ3n) is 4.25. The van der Waals surface area contributed by atoms with Crippen LogP contribution in [0.3, 0.4) is 0 Å². The Morgan fingerprint density at radius 3 is 2.78 bits per heavy atom. The minimum Gasteiger partial charge on any atom is -0.497 e. The molecule has 162 valence electrons. The summed E-state index contributed by atoms with van der Waals surface area (Å²) in [4.78, 5) is 12.9. The molecule has 2 aromatic carbocycles. The number of nitrogens with two attached hydrogens (primary N) is 1.